The van der Waals surface area contributed by atoms with Crippen molar-refractivity contribution in [2.75, 3.05) is 23.3 Å². The Bertz CT molecular complexity index is 1160. The lowest BCUT2D eigenvalue weighted by Crippen LogP contribution is -2.03. The molecule has 4 aromatic rings. The number of benzene rings is 2. The van der Waals surface area contributed by atoms with Crippen molar-refractivity contribution < 1.29 is 4.74 Å². The van der Waals surface area contributed by atoms with Gasteiger partial charge in [-0.1, -0.05) is 23.9 Å². The van der Waals surface area contributed by atoms with Crippen molar-refractivity contribution in [1.82, 2.24) is 25.1 Å². The van der Waals surface area contributed by atoms with Gasteiger partial charge < -0.3 is 21.5 Å². The molecule has 0 saturated heterocycles. The van der Waals surface area contributed by atoms with Crippen LogP contribution in [0.15, 0.2) is 59.8 Å². The maximum atomic E-state index is 5.85. The largest absolute Gasteiger partial charge is 0.439 e. The first-order valence-corrected chi connectivity index (χ1v) is 10.6. The highest BCUT2D eigenvalue weighted by atomic mass is 32.2. The monoisotopic (exact) mass is 434 g/mol. The van der Waals surface area contributed by atoms with Gasteiger partial charge >= 0.3 is 0 Å². The van der Waals surface area contributed by atoms with Crippen molar-refractivity contribution in [2.24, 2.45) is 5.73 Å². The molecule has 0 aliphatic rings. The minimum absolute atomic E-state index is 0.344. The molecule has 158 valence electrons. The van der Waals surface area contributed by atoms with Crippen LogP contribution in [-0.2, 0) is 0 Å². The third kappa shape index (κ3) is 5.50. The van der Waals surface area contributed by atoms with Crippen LogP contribution in [0.2, 0.25) is 0 Å². The topological polar surface area (TPSA) is 141 Å². The van der Waals surface area contributed by atoms with Crippen molar-refractivity contribution in [3.63, 3.8) is 0 Å². The molecule has 10 heteroatoms. The van der Waals surface area contributed by atoms with Crippen molar-refractivity contribution in [2.45, 2.75) is 12.1 Å². The van der Waals surface area contributed by atoms with Crippen LogP contribution in [0.4, 0.5) is 17.5 Å². The number of nitrogens with zero attached hydrogens (tertiary/aromatic N) is 4. The van der Waals surface area contributed by atoms with Crippen molar-refractivity contribution in [3.05, 3.63) is 60.2 Å². The molecule has 0 radical (unpaired) electrons. The number of rotatable bonds is 8. The summed E-state index contributed by atoms with van der Waals surface area (Å²) in [5, 5.41) is 10.9. The first-order chi connectivity index (χ1) is 15.1. The Morgan fingerprint density at radius 1 is 1.06 bits per heavy atom. The Morgan fingerprint density at radius 3 is 2.68 bits per heavy atom. The van der Waals surface area contributed by atoms with Gasteiger partial charge in [-0.3, -0.25) is 5.10 Å². The van der Waals surface area contributed by atoms with Gasteiger partial charge in [-0.2, -0.15) is 9.97 Å². The number of aryl methyl sites for hydroxylation is 1. The average molecular weight is 435 g/mol. The minimum atomic E-state index is 0.344. The minimum Gasteiger partial charge on any atom is -0.439 e. The molecule has 0 spiro atoms. The number of aromatic nitrogens is 5. The molecule has 0 unspecified atom stereocenters. The number of nitrogen functional groups attached to an aromatic ring is 1. The summed E-state index contributed by atoms with van der Waals surface area (Å²) < 4.78 is 5.83. The Hall–Kier alpha value is -3.63. The summed E-state index contributed by atoms with van der Waals surface area (Å²) >= 11 is 1.43. The van der Waals surface area contributed by atoms with Gasteiger partial charge in [0.2, 0.25) is 11.8 Å². The Labute approximate surface area is 183 Å². The summed E-state index contributed by atoms with van der Waals surface area (Å²) in [6, 6.07) is 17.0. The van der Waals surface area contributed by atoms with Gasteiger partial charge in [0, 0.05) is 29.6 Å². The van der Waals surface area contributed by atoms with E-state index in [4.69, 9.17) is 16.2 Å². The number of H-pyrrole nitrogens is 1. The molecular weight excluding hydrogens is 412 g/mol. The summed E-state index contributed by atoms with van der Waals surface area (Å²) in [6.07, 6.45) is 0. The van der Waals surface area contributed by atoms with E-state index in [2.05, 4.69) is 30.5 Å². The SMILES string of the molecule is Cc1cccc(Nc2n[nH]c(-c3ccc(Oc4cc(N)nc(SCCN)n4)cc3)n2)c1. The molecule has 6 N–H and O–H groups in total. The molecule has 4 rings (SSSR count). The zero-order chi connectivity index (χ0) is 21.6. The first-order valence-electron chi connectivity index (χ1n) is 9.61. The molecule has 0 saturated carbocycles. The Morgan fingerprint density at radius 2 is 1.90 bits per heavy atom. The maximum Gasteiger partial charge on any atom is 0.246 e. The summed E-state index contributed by atoms with van der Waals surface area (Å²) in [7, 11) is 0. The van der Waals surface area contributed by atoms with E-state index in [0.717, 1.165) is 16.8 Å². The highest BCUT2D eigenvalue weighted by Crippen LogP contribution is 2.26. The van der Waals surface area contributed by atoms with E-state index in [9.17, 15) is 0 Å². The number of anilines is 3. The van der Waals surface area contributed by atoms with Crippen LogP contribution in [0.1, 0.15) is 5.56 Å². The third-order valence-electron chi connectivity index (χ3n) is 4.16. The normalized spacial score (nSPS) is 10.8. The van der Waals surface area contributed by atoms with Crippen molar-refractivity contribution in [1.29, 1.82) is 0 Å². The summed E-state index contributed by atoms with van der Waals surface area (Å²) in [5.74, 6) is 3.19. The lowest BCUT2D eigenvalue weighted by molar-refractivity contribution is 0.456. The highest BCUT2D eigenvalue weighted by molar-refractivity contribution is 7.99. The second-order valence-electron chi connectivity index (χ2n) is 6.68. The Kier molecular flexibility index (Phi) is 6.29. The number of nitrogens with one attached hydrogen (secondary N) is 2. The van der Waals surface area contributed by atoms with Crippen LogP contribution in [0.25, 0.3) is 11.4 Å². The molecule has 0 atom stereocenters. The second kappa shape index (κ2) is 9.45. The van der Waals surface area contributed by atoms with Gasteiger partial charge in [-0.25, -0.2) is 4.98 Å². The van der Waals surface area contributed by atoms with Gasteiger partial charge in [0.15, 0.2) is 11.0 Å². The smallest absolute Gasteiger partial charge is 0.246 e. The van der Waals surface area contributed by atoms with Crippen molar-refractivity contribution in [3.8, 4) is 23.0 Å². The number of hydrogen-bond donors (Lipinski definition) is 4. The average Bonchev–Trinajstić information content (AvgIpc) is 3.21. The van der Waals surface area contributed by atoms with Crippen LogP contribution in [0.3, 0.4) is 0 Å². The summed E-state index contributed by atoms with van der Waals surface area (Å²) in [5.41, 5.74) is 14.3. The molecule has 2 heterocycles. The second-order valence-corrected chi connectivity index (χ2v) is 7.74. The van der Waals surface area contributed by atoms with E-state index in [1.165, 1.54) is 11.8 Å². The number of ether oxygens (including phenoxy) is 1. The lowest BCUT2D eigenvalue weighted by Gasteiger charge is -2.07. The van der Waals surface area contributed by atoms with Crippen LogP contribution < -0.4 is 21.5 Å². The predicted octanol–water partition coefficient (Wildman–Crippen LogP) is 3.74. The predicted molar refractivity (Wildman–Crippen MR) is 123 cm³/mol. The molecule has 0 amide bonds. The molecule has 2 aromatic carbocycles. The van der Waals surface area contributed by atoms with E-state index in [0.29, 0.717) is 46.7 Å². The maximum absolute atomic E-state index is 5.85. The quantitative estimate of drug-likeness (QED) is 0.241. The first kappa shape index (κ1) is 20.6. The van der Waals surface area contributed by atoms with E-state index >= 15 is 0 Å². The fourth-order valence-electron chi connectivity index (χ4n) is 2.79. The van der Waals surface area contributed by atoms with Gasteiger partial charge in [0.05, 0.1) is 0 Å². The van der Waals surface area contributed by atoms with Crippen LogP contribution in [0.5, 0.6) is 11.6 Å². The van der Waals surface area contributed by atoms with Gasteiger partial charge in [-0.05, 0) is 48.9 Å². The van der Waals surface area contributed by atoms with Crippen LogP contribution >= 0.6 is 11.8 Å². The summed E-state index contributed by atoms with van der Waals surface area (Å²) in [4.78, 5) is 13.0. The molecular formula is C21H22N8OS. The molecule has 9 nitrogen and oxygen atoms in total. The molecule has 0 aliphatic carbocycles. The fraction of sp³-hybridized carbons (Fsp3) is 0.143. The van der Waals surface area contributed by atoms with E-state index in [-0.39, 0.29) is 0 Å². The molecule has 2 aromatic heterocycles. The lowest BCUT2D eigenvalue weighted by atomic mass is 10.2. The Balaban J connectivity index is 1.44. The van der Waals surface area contributed by atoms with E-state index in [1.807, 2.05) is 55.5 Å². The van der Waals surface area contributed by atoms with Gasteiger partial charge in [0.1, 0.15) is 11.6 Å². The zero-order valence-corrected chi connectivity index (χ0v) is 17.7. The van der Waals surface area contributed by atoms with Crippen LogP contribution in [0, 0.1) is 6.92 Å². The number of hydrogen-bond acceptors (Lipinski definition) is 9. The van der Waals surface area contributed by atoms with Crippen LogP contribution in [-0.4, -0.2) is 37.4 Å². The third-order valence-corrected chi connectivity index (χ3v) is 5.04. The number of aromatic amines is 1. The zero-order valence-electron chi connectivity index (χ0n) is 16.9. The molecule has 0 aliphatic heterocycles. The van der Waals surface area contributed by atoms with E-state index in [1.54, 1.807) is 6.07 Å². The van der Waals surface area contributed by atoms with Gasteiger partial charge in [-0.15, -0.1) is 5.10 Å². The number of thioether (sulfide) groups is 1. The molecule has 0 fully saturated rings. The highest BCUT2D eigenvalue weighted by Gasteiger charge is 2.09. The summed E-state index contributed by atoms with van der Waals surface area (Å²) in [6.45, 7) is 2.57. The fourth-order valence-corrected chi connectivity index (χ4v) is 3.41. The molecule has 0 bridgehead atoms. The number of nitrogens with two attached hydrogens (primary N) is 2. The molecule has 31 heavy (non-hydrogen) atoms. The van der Waals surface area contributed by atoms with Gasteiger partial charge in [0.25, 0.3) is 0 Å². The van der Waals surface area contributed by atoms with Crippen molar-refractivity contribution >= 4 is 29.2 Å². The van der Waals surface area contributed by atoms with E-state index < -0.39 is 0 Å². The standard InChI is InChI=1S/C21H22N8OS/c1-13-3-2-4-15(11-13)24-20-27-19(28-29-20)14-5-7-16(8-6-14)30-18-12-17(23)25-21(26-18)31-10-9-22/h2-8,11-12H,9-10,22H2,1H3,(H2,23,25,26)(H2,24,27,28,29).